The number of aryl methyl sites for hydroxylation is 2. The fraction of sp³-hybridized carbons (Fsp3) is 0.469. The Labute approximate surface area is 244 Å². The third-order valence-electron chi connectivity index (χ3n) is 6.41. The van der Waals surface area contributed by atoms with E-state index >= 15 is 0 Å². The minimum atomic E-state index is -1.04. The molecule has 2 rings (SSSR count). The van der Waals surface area contributed by atoms with Crippen LogP contribution in [-0.4, -0.2) is 46.7 Å². The molecule has 0 aliphatic rings. The third-order valence-corrected chi connectivity index (χ3v) is 6.77. The molecule has 0 aliphatic carbocycles. The first-order chi connectivity index (χ1) is 18.9. The summed E-state index contributed by atoms with van der Waals surface area (Å²) in [5.74, 6) is 1.86. The van der Waals surface area contributed by atoms with E-state index in [-0.39, 0.29) is 11.7 Å². The first kappa shape index (κ1) is 32.8. The van der Waals surface area contributed by atoms with Crippen molar-refractivity contribution in [2.24, 2.45) is 0 Å². The molecule has 0 saturated carbocycles. The number of anilines is 1. The molecule has 2 atom stereocenters. The van der Waals surface area contributed by atoms with Crippen LogP contribution in [0.3, 0.4) is 0 Å². The summed E-state index contributed by atoms with van der Waals surface area (Å²) in [7, 11) is 0. The predicted octanol–water partition coefficient (Wildman–Crippen LogP) is 6.20. The van der Waals surface area contributed by atoms with Gasteiger partial charge in [0.2, 0.25) is 5.91 Å². The van der Waals surface area contributed by atoms with Gasteiger partial charge in [0.15, 0.2) is 0 Å². The Hall–Kier alpha value is -3.44. The van der Waals surface area contributed by atoms with Gasteiger partial charge < -0.3 is 20.3 Å². The maximum absolute atomic E-state index is 14.1. The minimum absolute atomic E-state index is 0.0194. The summed E-state index contributed by atoms with van der Waals surface area (Å²) in [4.78, 5) is 42.4. The maximum atomic E-state index is 14.1. The average Bonchev–Trinajstić information content (AvgIpc) is 2.89. The van der Waals surface area contributed by atoms with Gasteiger partial charge in [-0.3, -0.25) is 9.59 Å². The fourth-order valence-electron chi connectivity index (χ4n) is 4.43. The number of hydrogen-bond donors (Lipinski definition) is 3. The lowest BCUT2D eigenvalue weighted by Gasteiger charge is -2.35. The smallest absolute Gasteiger partial charge is 0.408 e. The summed E-state index contributed by atoms with van der Waals surface area (Å²) in [5, 5.41) is 5.71. The molecule has 8 heteroatoms. The van der Waals surface area contributed by atoms with Gasteiger partial charge in [0.05, 0.1) is 0 Å². The molecule has 0 bridgehead atoms. The highest BCUT2D eigenvalue weighted by atomic mass is 32.1. The molecule has 0 radical (unpaired) electrons. The number of nitrogens with one attached hydrogen (secondary N) is 2. The zero-order chi connectivity index (χ0) is 29.9. The molecule has 0 aliphatic heterocycles. The number of ether oxygens (including phenoxy) is 1. The number of para-hydroxylation sites is 1. The van der Waals surface area contributed by atoms with Crippen molar-refractivity contribution in [1.29, 1.82) is 0 Å². The van der Waals surface area contributed by atoms with Crippen molar-refractivity contribution in [2.45, 2.75) is 84.9 Å². The fourth-order valence-corrected chi connectivity index (χ4v) is 4.68. The second kappa shape index (κ2) is 15.4. The lowest BCUT2D eigenvalue weighted by atomic mass is 9.96. The predicted molar refractivity (Wildman–Crippen MR) is 165 cm³/mol. The Bertz CT molecular complexity index is 1200. The second-order valence-electron chi connectivity index (χ2n) is 10.9. The van der Waals surface area contributed by atoms with E-state index in [9.17, 15) is 14.4 Å². The molecule has 0 fully saturated rings. The van der Waals surface area contributed by atoms with Crippen molar-refractivity contribution >= 4 is 36.2 Å². The van der Waals surface area contributed by atoms with E-state index in [0.717, 1.165) is 30.4 Å². The van der Waals surface area contributed by atoms with Gasteiger partial charge in [-0.25, -0.2) is 4.79 Å². The zero-order valence-electron chi connectivity index (χ0n) is 24.5. The van der Waals surface area contributed by atoms with Crippen molar-refractivity contribution in [3.8, 4) is 12.3 Å². The van der Waals surface area contributed by atoms with Gasteiger partial charge >= 0.3 is 6.09 Å². The van der Waals surface area contributed by atoms with Gasteiger partial charge in [-0.2, -0.15) is 12.6 Å². The standard InChI is InChI=1S/C32H43N3O4S/c1-8-10-11-14-20-35(30(37)26(21-40)33-31(38)39-32(5,6)7)28(25-19-13-12-18-24(25)9-2)29(36)34-27-22(3)16-15-17-23(27)4/h2,12-13,15-19,26,28,40H,8,10-11,14,20-21H2,1,3-7H3,(H,33,38)(H,34,36). The molecular weight excluding hydrogens is 522 g/mol. The van der Waals surface area contributed by atoms with Crippen molar-refractivity contribution in [1.82, 2.24) is 10.2 Å². The minimum Gasteiger partial charge on any atom is -0.444 e. The van der Waals surface area contributed by atoms with Gasteiger partial charge in [0.1, 0.15) is 17.7 Å². The number of rotatable bonds is 12. The molecule has 2 N–H and O–H groups in total. The molecule has 0 spiro atoms. The number of thiol groups is 1. The number of nitrogens with zero attached hydrogens (tertiary/aromatic N) is 1. The van der Waals surface area contributed by atoms with E-state index in [1.807, 2.05) is 32.0 Å². The number of benzene rings is 2. The Kier molecular flexibility index (Phi) is 12.6. The molecule has 216 valence electrons. The summed E-state index contributed by atoms with van der Waals surface area (Å²) in [6.07, 6.45) is 8.69. The van der Waals surface area contributed by atoms with Crippen molar-refractivity contribution in [3.05, 3.63) is 64.7 Å². The molecule has 2 unspecified atom stereocenters. The van der Waals surface area contributed by atoms with Crippen LogP contribution in [0.2, 0.25) is 0 Å². The molecule has 0 saturated heterocycles. The van der Waals surface area contributed by atoms with Gasteiger partial charge in [-0.05, 0) is 63.8 Å². The summed E-state index contributed by atoms with van der Waals surface area (Å²) >= 11 is 4.36. The molecule has 0 heterocycles. The highest BCUT2D eigenvalue weighted by Crippen LogP contribution is 2.29. The van der Waals surface area contributed by atoms with E-state index in [1.165, 1.54) is 4.90 Å². The Morgan fingerprint density at radius 2 is 1.68 bits per heavy atom. The SMILES string of the molecule is C#Cc1ccccc1C(C(=O)Nc1c(C)cccc1C)N(CCCCCC)C(=O)C(CS)NC(=O)OC(C)(C)C. The van der Waals surface area contributed by atoms with Crippen LogP contribution in [0.15, 0.2) is 42.5 Å². The number of terminal acetylenes is 1. The van der Waals surface area contributed by atoms with E-state index in [2.05, 4.69) is 36.1 Å². The molecule has 3 amide bonds. The largest absolute Gasteiger partial charge is 0.444 e. The van der Waals surface area contributed by atoms with Crippen molar-refractivity contribution < 1.29 is 19.1 Å². The zero-order valence-corrected chi connectivity index (χ0v) is 25.4. The van der Waals surface area contributed by atoms with Crippen molar-refractivity contribution in [2.75, 3.05) is 17.6 Å². The lowest BCUT2D eigenvalue weighted by Crippen LogP contribution is -2.53. The van der Waals surface area contributed by atoms with Crippen LogP contribution in [0.25, 0.3) is 0 Å². The lowest BCUT2D eigenvalue weighted by molar-refractivity contribution is -0.140. The molecule has 2 aromatic rings. The Balaban J connectivity index is 2.58. The number of amides is 3. The highest BCUT2D eigenvalue weighted by molar-refractivity contribution is 7.80. The number of unbranched alkanes of at least 4 members (excludes halogenated alkanes) is 3. The monoisotopic (exact) mass is 565 g/mol. The van der Waals surface area contributed by atoms with E-state index in [1.54, 1.807) is 45.0 Å². The van der Waals surface area contributed by atoms with E-state index in [4.69, 9.17) is 11.2 Å². The van der Waals surface area contributed by atoms with Gasteiger partial charge in [-0.1, -0.05) is 68.5 Å². The number of carbonyl (C=O) groups is 3. The molecule has 2 aromatic carbocycles. The number of alkyl carbamates (subject to hydrolysis) is 1. The first-order valence-corrected chi connectivity index (χ1v) is 14.4. The summed E-state index contributed by atoms with van der Waals surface area (Å²) in [5.41, 5.74) is 2.79. The summed E-state index contributed by atoms with van der Waals surface area (Å²) in [6, 6.07) is 10.8. The van der Waals surface area contributed by atoms with Gasteiger partial charge in [0, 0.05) is 23.5 Å². The van der Waals surface area contributed by atoms with E-state index in [0.29, 0.717) is 29.8 Å². The molecule has 7 nitrogen and oxygen atoms in total. The molecule has 40 heavy (non-hydrogen) atoms. The van der Waals surface area contributed by atoms with Crippen molar-refractivity contribution in [3.63, 3.8) is 0 Å². The highest BCUT2D eigenvalue weighted by Gasteiger charge is 2.37. The van der Waals surface area contributed by atoms with Crippen LogP contribution in [0.4, 0.5) is 10.5 Å². The summed E-state index contributed by atoms with van der Waals surface area (Å²) in [6.45, 7) is 11.5. The van der Waals surface area contributed by atoms with E-state index < -0.39 is 29.7 Å². The quantitative estimate of drug-likeness (QED) is 0.163. The number of carbonyl (C=O) groups excluding carboxylic acids is 3. The second-order valence-corrected chi connectivity index (χ2v) is 11.2. The van der Waals surface area contributed by atoms with Crippen LogP contribution in [-0.2, 0) is 14.3 Å². The first-order valence-electron chi connectivity index (χ1n) is 13.8. The van der Waals surface area contributed by atoms with Gasteiger partial charge in [-0.15, -0.1) is 6.42 Å². The Morgan fingerprint density at radius 3 is 2.25 bits per heavy atom. The number of hydrogen-bond acceptors (Lipinski definition) is 5. The van der Waals surface area contributed by atoms with Crippen LogP contribution >= 0.6 is 12.6 Å². The van der Waals surface area contributed by atoms with Gasteiger partial charge in [0.25, 0.3) is 5.91 Å². The maximum Gasteiger partial charge on any atom is 0.408 e. The molecule has 0 aromatic heterocycles. The van der Waals surface area contributed by atoms with Crippen LogP contribution < -0.4 is 10.6 Å². The normalized spacial score (nSPS) is 12.6. The topological polar surface area (TPSA) is 87.7 Å². The van der Waals surface area contributed by atoms with Crippen LogP contribution in [0.5, 0.6) is 0 Å². The Morgan fingerprint density at radius 1 is 1.02 bits per heavy atom. The van der Waals surface area contributed by atoms with Crippen LogP contribution in [0, 0.1) is 26.2 Å². The molecular formula is C32H43N3O4S. The third kappa shape index (κ3) is 9.34. The van der Waals surface area contributed by atoms with Crippen LogP contribution in [0.1, 0.15) is 81.7 Å². The summed E-state index contributed by atoms with van der Waals surface area (Å²) < 4.78 is 5.39. The average molecular weight is 566 g/mol.